The Kier molecular flexibility index (Phi) is 7.63. The largest absolute Gasteiger partial charge is 0.468 e. The molecule has 5 heteroatoms. The Morgan fingerprint density at radius 3 is 2.48 bits per heavy atom. The molecule has 0 aliphatic carbocycles. The third-order valence-corrected chi connectivity index (χ3v) is 4.64. The monoisotopic (exact) mass is 299 g/mol. The van der Waals surface area contributed by atoms with E-state index in [1.54, 1.807) is 0 Å². The van der Waals surface area contributed by atoms with E-state index < -0.39 is 5.54 Å². The topological polar surface area (TPSA) is 44.8 Å². The number of likely N-dealkylation sites (tertiary alicyclic amines) is 1. The first kappa shape index (κ1) is 18.4. The summed E-state index contributed by atoms with van der Waals surface area (Å²) in [6.45, 7) is 8.14. The van der Waals surface area contributed by atoms with Gasteiger partial charge in [-0.2, -0.15) is 0 Å². The number of rotatable bonds is 8. The molecule has 1 atom stereocenters. The highest BCUT2D eigenvalue weighted by Crippen LogP contribution is 2.18. The maximum Gasteiger partial charge on any atom is 0.325 e. The summed E-state index contributed by atoms with van der Waals surface area (Å²) < 4.78 is 4.93. The minimum atomic E-state index is -0.550. The van der Waals surface area contributed by atoms with Crippen LogP contribution < -0.4 is 5.32 Å². The SMILES string of the molecule is CCNC(C)(CCCN1CCC(N(C)C)CC1)C(=O)OC. The fourth-order valence-electron chi connectivity index (χ4n) is 3.19. The molecule has 0 radical (unpaired) electrons. The van der Waals surface area contributed by atoms with Crippen LogP contribution in [0.15, 0.2) is 0 Å². The molecule has 0 aromatic carbocycles. The predicted molar refractivity (Wildman–Crippen MR) is 86.5 cm³/mol. The summed E-state index contributed by atoms with van der Waals surface area (Å²) >= 11 is 0. The molecule has 5 nitrogen and oxygen atoms in total. The number of likely N-dealkylation sites (N-methyl/N-ethyl adjacent to an activating group) is 1. The van der Waals surface area contributed by atoms with E-state index in [-0.39, 0.29) is 5.97 Å². The Bertz CT molecular complexity index is 315. The molecule has 0 spiro atoms. The zero-order valence-electron chi connectivity index (χ0n) is 14.4. The molecule has 0 bridgehead atoms. The lowest BCUT2D eigenvalue weighted by Gasteiger charge is -2.36. The number of carbonyl (C=O) groups is 1. The smallest absolute Gasteiger partial charge is 0.325 e. The first-order valence-corrected chi connectivity index (χ1v) is 8.15. The second-order valence-electron chi connectivity index (χ2n) is 6.49. The van der Waals surface area contributed by atoms with E-state index in [1.165, 1.54) is 33.0 Å². The summed E-state index contributed by atoms with van der Waals surface area (Å²) in [6.07, 6.45) is 4.33. The van der Waals surface area contributed by atoms with Gasteiger partial charge in [0, 0.05) is 6.04 Å². The van der Waals surface area contributed by atoms with Gasteiger partial charge in [-0.05, 0) is 72.9 Å². The maximum absolute atomic E-state index is 11.9. The van der Waals surface area contributed by atoms with Gasteiger partial charge in [-0.1, -0.05) is 6.92 Å². The van der Waals surface area contributed by atoms with Crippen LogP contribution in [-0.4, -0.2) is 74.7 Å². The molecule has 1 aliphatic heterocycles. The summed E-state index contributed by atoms with van der Waals surface area (Å²) in [4.78, 5) is 16.8. The van der Waals surface area contributed by atoms with Gasteiger partial charge < -0.3 is 19.9 Å². The summed E-state index contributed by atoms with van der Waals surface area (Å²) in [5.74, 6) is -0.157. The lowest BCUT2D eigenvalue weighted by molar-refractivity contribution is -0.148. The van der Waals surface area contributed by atoms with Crippen LogP contribution in [0.25, 0.3) is 0 Å². The molecule has 1 fully saturated rings. The van der Waals surface area contributed by atoms with Crippen LogP contribution in [0.4, 0.5) is 0 Å². The van der Waals surface area contributed by atoms with Gasteiger partial charge >= 0.3 is 5.97 Å². The summed E-state index contributed by atoms with van der Waals surface area (Å²) in [5, 5.41) is 3.27. The van der Waals surface area contributed by atoms with Crippen molar-refractivity contribution in [2.24, 2.45) is 0 Å². The van der Waals surface area contributed by atoms with Gasteiger partial charge in [-0.3, -0.25) is 4.79 Å². The van der Waals surface area contributed by atoms with E-state index in [0.29, 0.717) is 0 Å². The average Bonchev–Trinajstić information content (AvgIpc) is 2.47. The highest BCUT2D eigenvalue weighted by atomic mass is 16.5. The van der Waals surface area contributed by atoms with Crippen molar-refractivity contribution < 1.29 is 9.53 Å². The van der Waals surface area contributed by atoms with Crippen molar-refractivity contribution in [3.63, 3.8) is 0 Å². The molecular weight excluding hydrogens is 266 g/mol. The summed E-state index contributed by atoms with van der Waals surface area (Å²) in [5.41, 5.74) is -0.550. The molecule has 0 aromatic heterocycles. The van der Waals surface area contributed by atoms with Crippen molar-refractivity contribution in [1.82, 2.24) is 15.1 Å². The summed E-state index contributed by atoms with van der Waals surface area (Å²) in [6, 6.07) is 0.725. The standard InChI is InChI=1S/C16H33N3O2/c1-6-17-16(2,15(20)21-5)10-7-11-19-12-8-14(9-13-19)18(3)4/h14,17H,6-13H2,1-5H3. The van der Waals surface area contributed by atoms with Gasteiger partial charge in [0.2, 0.25) is 0 Å². The number of esters is 1. The Morgan fingerprint density at radius 1 is 1.38 bits per heavy atom. The van der Waals surface area contributed by atoms with Crippen molar-refractivity contribution in [3.8, 4) is 0 Å². The second kappa shape index (κ2) is 8.71. The van der Waals surface area contributed by atoms with Gasteiger partial charge in [-0.15, -0.1) is 0 Å². The molecule has 0 aromatic rings. The number of ether oxygens (including phenoxy) is 1. The van der Waals surface area contributed by atoms with Crippen LogP contribution >= 0.6 is 0 Å². The zero-order valence-corrected chi connectivity index (χ0v) is 14.4. The quantitative estimate of drug-likeness (QED) is 0.685. The highest BCUT2D eigenvalue weighted by molar-refractivity contribution is 5.80. The van der Waals surface area contributed by atoms with E-state index in [2.05, 4.69) is 29.2 Å². The van der Waals surface area contributed by atoms with E-state index in [9.17, 15) is 4.79 Å². The van der Waals surface area contributed by atoms with Crippen LogP contribution in [0.2, 0.25) is 0 Å². The maximum atomic E-state index is 11.9. The summed E-state index contributed by atoms with van der Waals surface area (Å²) in [7, 11) is 5.79. The molecule has 0 saturated carbocycles. The highest BCUT2D eigenvalue weighted by Gasteiger charge is 2.33. The first-order chi connectivity index (χ1) is 9.92. The molecule has 1 aliphatic rings. The third kappa shape index (κ3) is 5.57. The van der Waals surface area contributed by atoms with Gasteiger partial charge in [0.05, 0.1) is 7.11 Å². The second-order valence-corrected chi connectivity index (χ2v) is 6.49. The van der Waals surface area contributed by atoms with E-state index >= 15 is 0 Å². The van der Waals surface area contributed by atoms with Crippen LogP contribution in [0.5, 0.6) is 0 Å². The lowest BCUT2D eigenvalue weighted by atomic mass is 9.95. The van der Waals surface area contributed by atoms with Crippen LogP contribution in [0, 0.1) is 0 Å². The Balaban J connectivity index is 2.33. The molecule has 124 valence electrons. The van der Waals surface area contributed by atoms with Crippen molar-refractivity contribution >= 4 is 5.97 Å². The molecule has 21 heavy (non-hydrogen) atoms. The fourth-order valence-corrected chi connectivity index (χ4v) is 3.19. The predicted octanol–water partition coefficient (Wildman–Crippen LogP) is 1.33. The van der Waals surface area contributed by atoms with Crippen molar-refractivity contribution in [3.05, 3.63) is 0 Å². The number of nitrogens with one attached hydrogen (secondary N) is 1. The van der Waals surface area contributed by atoms with Gasteiger partial charge in [-0.25, -0.2) is 0 Å². The molecule has 1 rings (SSSR count). The average molecular weight is 299 g/mol. The Morgan fingerprint density at radius 2 is 2.00 bits per heavy atom. The van der Waals surface area contributed by atoms with Gasteiger partial charge in [0.25, 0.3) is 0 Å². The third-order valence-electron chi connectivity index (χ3n) is 4.64. The molecule has 1 unspecified atom stereocenters. The molecule has 1 N–H and O–H groups in total. The van der Waals surface area contributed by atoms with Crippen LogP contribution in [-0.2, 0) is 9.53 Å². The molecule has 1 saturated heterocycles. The number of hydrogen-bond acceptors (Lipinski definition) is 5. The van der Waals surface area contributed by atoms with E-state index in [4.69, 9.17) is 4.74 Å². The minimum absolute atomic E-state index is 0.157. The van der Waals surface area contributed by atoms with E-state index in [0.717, 1.165) is 32.0 Å². The molecule has 1 heterocycles. The van der Waals surface area contributed by atoms with Crippen molar-refractivity contribution in [2.75, 3.05) is 47.4 Å². The van der Waals surface area contributed by atoms with Crippen molar-refractivity contribution in [1.29, 1.82) is 0 Å². The number of hydrogen-bond donors (Lipinski definition) is 1. The zero-order chi connectivity index (χ0) is 15.9. The lowest BCUT2D eigenvalue weighted by Crippen LogP contribution is -2.50. The van der Waals surface area contributed by atoms with Gasteiger partial charge in [0.1, 0.15) is 5.54 Å². The van der Waals surface area contributed by atoms with Gasteiger partial charge in [0.15, 0.2) is 0 Å². The molecular formula is C16H33N3O2. The van der Waals surface area contributed by atoms with Crippen LogP contribution in [0.3, 0.4) is 0 Å². The molecule has 0 amide bonds. The number of carbonyl (C=O) groups excluding carboxylic acids is 1. The van der Waals surface area contributed by atoms with Crippen LogP contribution in [0.1, 0.15) is 39.5 Å². The normalized spacial score (nSPS) is 20.5. The van der Waals surface area contributed by atoms with E-state index in [1.807, 2.05) is 13.8 Å². The Labute approximate surface area is 130 Å². The minimum Gasteiger partial charge on any atom is -0.468 e. The number of methoxy groups -OCH3 is 1. The Hall–Kier alpha value is -0.650. The first-order valence-electron chi connectivity index (χ1n) is 8.15. The van der Waals surface area contributed by atoms with Crippen molar-refractivity contribution in [2.45, 2.75) is 51.1 Å². The number of nitrogens with zero attached hydrogens (tertiary/aromatic N) is 2. The fraction of sp³-hybridized carbons (Fsp3) is 0.938. The number of piperidine rings is 1.